The number of carbonyl (C=O) groups is 1. The number of aromatic nitrogens is 2. The molecule has 26 heavy (non-hydrogen) atoms. The first-order valence-electron chi connectivity index (χ1n) is 8.48. The van der Waals surface area contributed by atoms with Gasteiger partial charge in [0.2, 0.25) is 5.91 Å². The van der Waals surface area contributed by atoms with E-state index in [0.29, 0.717) is 23.2 Å². The van der Waals surface area contributed by atoms with Crippen LogP contribution in [0.5, 0.6) is 0 Å². The second kappa shape index (κ2) is 7.29. The highest BCUT2D eigenvalue weighted by atomic mass is 32.1. The van der Waals surface area contributed by atoms with E-state index >= 15 is 0 Å². The molecule has 0 atom stereocenters. The Labute approximate surface area is 154 Å². The number of nitrogens with zero attached hydrogens (tertiary/aromatic N) is 3. The number of thiophene rings is 1. The normalized spacial score (nSPS) is 11.0. The van der Waals surface area contributed by atoms with Crippen LogP contribution in [0.2, 0.25) is 0 Å². The van der Waals surface area contributed by atoms with Crippen LogP contribution in [-0.4, -0.2) is 22.1 Å². The molecule has 136 valence electrons. The van der Waals surface area contributed by atoms with E-state index in [0.717, 1.165) is 11.3 Å². The van der Waals surface area contributed by atoms with E-state index in [-0.39, 0.29) is 18.0 Å². The maximum atomic E-state index is 12.8. The minimum absolute atomic E-state index is 0.111. The van der Waals surface area contributed by atoms with Crippen molar-refractivity contribution in [3.63, 3.8) is 0 Å². The zero-order chi connectivity index (χ0) is 18.8. The molecule has 0 N–H and O–H groups in total. The smallest absolute Gasteiger partial charge is 0.314 e. The van der Waals surface area contributed by atoms with Crippen molar-refractivity contribution >= 4 is 33.1 Å². The third-order valence-corrected chi connectivity index (χ3v) is 5.23. The van der Waals surface area contributed by atoms with E-state index in [9.17, 15) is 14.4 Å². The Morgan fingerprint density at radius 2 is 1.96 bits per heavy atom. The van der Waals surface area contributed by atoms with Crippen LogP contribution < -0.4 is 16.1 Å². The van der Waals surface area contributed by atoms with Crippen LogP contribution >= 0.6 is 11.3 Å². The molecule has 2 heterocycles. The summed E-state index contributed by atoms with van der Waals surface area (Å²) in [7, 11) is 1.69. The molecule has 0 saturated heterocycles. The first-order chi connectivity index (χ1) is 12.4. The number of amides is 1. The van der Waals surface area contributed by atoms with Crippen LogP contribution in [0.25, 0.3) is 10.2 Å². The standard InChI is InChI=1S/C19H21N3O3S/c1-4-9-21-18(24)17-15(8-10-26-17)22(19(21)25)12-16(23)20(3)14-7-5-6-13(2)11-14/h5-8,10-11H,4,9,12H2,1-3H3. The SMILES string of the molecule is CCCn1c(=O)c2sccc2n(CC(=O)N(C)c2cccc(C)c2)c1=O. The van der Waals surface area contributed by atoms with E-state index in [4.69, 9.17) is 0 Å². The summed E-state index contributed by atoms with van der Waals surface area (Å²) in [5.41, 5.74) is 1.62. The monoisotopic (exact) mass is 371 g/mol. The molecular weight excluding hydrogens is 350 g/mol. The molecule has 1 amide bonds. The molecule has 3 rings (SSSR count). The number of aryl methyl sites for hydroxylation is 1. The molecule has 0 saturated carbocycles. The van der Waals surface area contributed by atoms with Crippen molar-refractivity contribution in [3.05, 3.63) is 62.1 Å². The number of benzene rings is 1. The van der Waals surface area contributed by atoms with Crippen molar-refractivity contribution in [3.8, 4) is 0 Å². The van der Waals surface area contributed by atoms with Gasteiger partial charge in [-0.15, -0.1) is 11.3 Å². The molecule has 3 aromatic rings. The molecule has 0 aliphatic rings. The third kappa shape index (κ3) is 3.22. The Kier molecular flexibility index (Phi) is 5.08. The van der Waals surface area contributed by atoms with Crippen molar-refractivity contribution in [2.75, 3.05) is 11.9 Å². The van der Waals surface area contributed by atoms with Gasteiger partial charge in [0.1, 0.15) is 11.2 Å². The molecule has 6 nitrogen and oxygen atoms in total. The predicted octanol–water partition coefficient (Wildman–Crippen LogP) is 2.61. The minimum atomic E-state index is -0.436. The number of fused-ring (bicyclic) bond motifs is 1. The van der Waals surface area contributed by atoms with Gasteiger partial charge in [-0.1, -0.05) is 19.1 Å². The predicted molar refractivity (Wildman–Crippen MR) is 105 cm³/mol. The fourth-order valence-electron chi connectivity index (χ4n) is 2.93. The molecule has 0 fully saturated rings. The number of carbonyl (C=O) groups excluding carboxylic acids is 1. The Hall–Kier alpha value is -2.67. The number of likely N-dealkylation sites (N-methyl/N-ethyl adjacent to an activating group) is 1. The molecule has 0 radical (unpaired) electrons. The number of hydrogen-bond acceptors (Lipinski definition) is 4. The Morgan fingerprint density at radius 3 is 2.65 bits per heavy atom. The fraction of sp³-hybridized carbons (Fsp3) is 0.316. The summed E-state index contributed by atoms with van der Waals surface area (Å²) in [5.74, 6) is -0.216. The summed E-state index contributed by atoms with van der Waals surface area (Å²) in [6.07, 6.45) is 0.670. The number of rotatable bonds is 5. The molecule has 7 heteroatoms. The van der Waals surface area contributed by atoms with E-state index in [1.807, 2.05) is 38.1 Å². The summed E-state index contributed by atoms with van der Waals surface area (Å²) >= 11 is 1.29. The molecule has 0 aliphatic heterocycles. The highest BCUT2D eigenvalue weighted by Crippen LogP contribution is 2.17. The van der Waals surface area contributed by atoms with Gasteiger partial charge in [0.15, 0.2) is 0 Å². The van der Waals surface area contributed by atoms with E-state index in [2.05, 4.69) is 0 Å². The van der Waals surface area contributed by atoms with Crippen molar-refractivity contribution in [2.45, 2.75) is 33.4 Å². The van der Waals surface area contributed by atoms with Crippen molar-refractivity contribution in [1.82, 2.24) is 9.13 Å². The Bertz CT molecular complexity index is 1080. The lowest BCUT2D eigenvalue weighted by Crippen LogP contribution is -2.42. The van der Waals surface area contributed by atoms with Crippen molar-refractivity contribution < 1.29 is 4.79 Å². The lowest BCUT2D eigenvalue weighted by Gasteiger charge is -2.19. The number of anilines is 1. The van der Waals surface area contributed by atoms with E-state index < -0.39 is 5.69 Å². The van der Waals surface area contributed by atoms with Crippen LogP contribution in [0.4, 0.5) is 5.69 Å². The van der Waals surface area contributed by atoms with E-state index in [1.165, 1.54) is 25.4 Å². The van der Waals surface area contributed by atoms with Crippen LogP contribution in [0.1, 0.15) is 18.9 Å². The maximum Gasteiger partial charge on any atom is 0.332 e. The lowest BCUT2D eigenvalue weighted by molar-refractivity contribution is -0.118. The highest BCUT2D eigenvalue weighted by molar-refractivity contribution is 7.17. The highest BCUT2D eigenvalue weighted by Gasteiger charge is 2.18. The molecule has 2 aromatic heterocycles. The van der Waals surface area contributed by atoms with Crippen LogP contribution in [0, 0.1) is 6.92 Å². The summed E-state index contributed by atoms with van der Waals surface area (Å²) in [4.78, 5) is 39.6. The Morgan fingerprint density at radius 1 is 1.19 bits per heavy atom. The molecular formula is C19H21N3O3S. The maximum absolute atomic E-state index is 12.8. The topological polar surface area (TPSA) is 64.3 Å². The summed E-state index contributed by atoms with van der Waals surface area (Å²) in [6, 6.07) is 9.34. The third-order valence-electron chi connectivity index (χ3n) is 4.34. The Balaban J connectivity index is 2.03. The molecule has 0 unspecified atom stereocenters. The lowest BCUT2D eigenvalue weighted by atomic mass is 10.2. The largest absolute Gasteiger partial charge is 0.332 e. The van der Waals surface area contributed by atoms with Gasteiger partial charge in [-0.2, -0.15) is 0 Å². The van der Waals surface area contributed by atoms with Gasteiger partial charge in [-0.3, -0.25) is 18.7 Å². The van der Waals surface area contributed by atoms with Crippen molar-refractivity contribution in [1.29, 1.82) is 0 Å². The minimum Gasteiger partial charge on any atom is -0.314 e. The average Bonchev–Trinajstić information content (AvgIpc) is 3.11. The zero-order valence-corrected chi connectivity index (χ0v) is 15.9. The van der Waals surface area contributed by atoms with Crippen molar-refractivity contribution in [2.24, 2.45) is 0 Å². The van der Waals surface area contributed by atoms with Gasteiger partial charge in [0.25, 0.3) is 5.56 Å². The van der Waals surface area contributed by atoms with Crippen LogP contribution in [-0.2, 0) is 17.9 Å². The summed E-state index contributed by atoms with van der Waals surface area (Å²) in [6.45, 7) is 4.10. The second-order valence-corrected chi connectivity index (χ2v) is 7.17. The summed E-state index contributed by atoms with van der Waals surface area (Å²) in [5, 5.41) is 1.77. The summed E-state index contributed by atoms with van der Waals surface area (Å²) < 4.78 is 3.13. The molecule has 0 spiro atoms. The first-order valence-corrected chi connectivity index (χ1v) is 9.36. The molecule has 0 aliphatic carbocycles. The molecule has 0 bridgehead atoms. The van der Waals surface area contributed by atoms with Crippen LogP contribution in [0.3, 0.4) is 0 Å². The fourth-order valence-corrected chi connectivity index (χ4v) is 3.77. The van der Waals surface area contributed by atoms with Gasteiger partial charge < -0.3 is 4.90 Å². The van der Waals surface area contributed by atoms with Gasteiger partial charge in [0.05, 0.1) is 5.52 Å². The van der Waals surface area contributed by atoms with Crippen LogP contribution in [0.15, 0.2) is 45.3 Å². The van der Waals surface area contributed by atoms with Gasteiger partial charge in [-0.25, -0.2) is 4.79 Å². The quantitative estimate of drug-likeness (QED) is 0.692. The first kappa shape index (κ1) is 18.1. The zero-order valence-electron chi connectivity index (χ0n) is 15.1. The van der Waals surface area contributed by atoms with Gasteiger partial charge in [-0.05, 0) is 42.5 Å². The average molecular weight is 371 g/mol. The van der Waals surface area contributed by atoms with Gasteiger partial charge >= 0.3 is 5.69 Å². The van der Waals surface area contributed by atoms with Gasteiger partial charge in [0, 0.05) is 19.3 Å². The molecule has 1 aromatic carbocycles. The number of hydrogen-bond donors (Lipinski definition) is 0. The second-order valence-electron chi connectivity index (χ2n) is 6.25. The van der Waals surface area contributed by atoms with E-state index in [1.54, 1.807) is 18.5 Å².